The molecule has 0 saturated heterocycles. The van der Waals surface area contributed by atoms with Crippen molar-refractivity contribution in [3.8, 4) is 0 Å². The minimum absolute atomic E-state index is 0.332. The van der Waals surface area contributed by atoms with Gasteiger partial charge in [0.1, 0.15) is 0 Å². The minimum Gasteiger partial charge on any atom is -0.304 e. The van der Waals surface area contributed by atoms with E-state index in [1.807, 2.05) is 0 Å². The molecular weight excluding hydrogens is 282 g/mol. The summed E-state index contributed by atoms with van der Waals surface area (Å²) in [7, 11) is 0. The molecule has 1 aliphatic carbocycles. The van der Waals surface area contributed by atoms with Crippen LogP contribution in [0, 0.1) is 0 Å². The topological polar surface area (TPSA) is 20.3 Å². The lowest BCUT2D eigenvalue weighted by molar-refractivity contribution is 0.0977. The van der Waals surface area contributed by atoms with Crippen molar-refractivity contribution < 1.29 is 4.79 Å². The lowest BCUT2D eigenvalue weighted by atomic mass is 9.95. The normalized spacial score (nSPS) is 13.2. The van der Waals surface area contributed by atoms with E-state index in [4.69, 9.17) is 0 Å². The number of aryl methyl sites for hydroxylation is 2. The molecule has 0 N–H and O–H groups in total. The molecular formula is C21H27NO. The summed E-state index contributed by atoms with van der Waals surface area (Å²) < 4.78 is 0. The third kappa shape index (κ3) is 3.32. The van der Waals surface area contributed by atoms with Crippen LogP contribution < -0.4 is 0 Å². The van der Waals surface area contributed by atoms with Crippen LogP contribution in [-0.2, 0) is 12.8 Å². The second kappa shape index (κ2) is 7.27. The standard InChI is InChI=1S/C21H27NO/c1-3-22(4-2)15-6-5-10-20(23)18-13-11-16-8-7-9-17-12-14-19(18)21(16)17/h7-9,11,13H,3-6,10,12,14-15H2,1-2H3. The van der Waals surface area contributed by atoms with Crippen molar-refractivity contribution in [2.24, 2.45) is 0 Å². The second-order valence-electron chi connectivity index (χ2n) is 6.51. The lowest BCUT2D eigenvalue weighted by Crippen LogP contribution is -2.24. The Morgan fingerprint density at radius 2 is 1.87 bits per heavy atom. The Labute approximate surface area is 139 Å². The highest BCUT2D eigenvalue weighted by Gasteiger charge is 2.20. The third-order valence-corrected chi connectivity index (χ3v) is 5.21. The summed E-state index contributed by atoms with van der Waals surface area (Å²) in [6.45, 7) is 7.70. The SMILES string of the molecule is CCN(CC)CCCCC(=O)c1ccc2cccc3c2c1CC3. The van der Waals surface area contributed by atoms with Crippen LogP contribution in [0.1, 0.15) is 54.6 Å². The van der Waals surface area contributed by atoms with Gasteiger partial charge in [-0.05, 0) is 67.2 Å². The average molecular weight is 309 g/mol. The fourth-order valence-electron chi connectivity index (χ4n) is 3.82. The molecule has 2 aromatic rings. The monoisotopic (exact) mass is 309 g/mol. The Kier molecular flexibility index (Phi) is 5.12. The predicted molar refractivity (Wildman–Crippen MR) is 97.3 cm³/mol. The maximum atomic E-state index is 12.7. The molecule has 0 radical (unpaired) electrons. The van der Waals surface area contributed by atoms with E-state index in [-0.39, 0.29) is 0 Å². The zero-order valence-corrected chi connectivity index (χ0v) is 14.4. The first-order valence-corrected chi connectivity index (χ1v) is 9.03. The molecule has 0 saturated carbocycles. The quantitative estimate of drug-likeness (QED) is 0.523. The van der Waals surface area contributed by atoms with E-state index in [1.165, 1.54) is 21.9 Å². The Balaban J connectivity index is 1.66. The Bertz CT molecular complexity index is 700. The number of benzene rings is 2. The molecule has 0 amide bonds. The van der Waals surface area contributed by atoms with Crippen molar-refractivity contribution in [2.45, 2.75) is 46.0 Å². The molecule has 0 heterocycles. The highest BCUT2D eigenvalue weighted by molar-refractivity contribution is 6.04. The van der Waals surface area contributed by atoms with Crippen LogP contribution in [0.3, 0.4) is 0 Å². The van der Waals surface area contributed by atoms with Crippen LogP contribution in [0.5, 0.6) is 0 Å². The Hall–Kier alpha value is -1.67. The first-order valence-electron chi connectivity index (χ1n) is 9.03. The molecule has 23 heavy (non-hydrogen) atoms. The van der Waals surface area contributed by atoms with Crippen LogP contribution >= 0.6 is 0 Å². The highest BCUT2D eigenvalue weighted by Crippen LogP contribution is 2.33. The number of ketones is 1. The fourth-order valence-corrected chi connectivity index (χ4v) is 3.82. The molecule has 0 spiro atoms. The number of Topliss-reactive ketones (excluding diaryl/α,β-unsaturated/α-hetero) is 1. The number of hydrogen-bond donors (Lipinski definition) is 0. The Morgan fingerprint density at radius 1 is 1.04 bits per heavy atom. The van der Waals surface area contributed by atoms with Crippen molar-refractivity contribution in [1.82, 2.24) is 4.90 Å². The van der Waals surface area contributed by atoms with Gasteiger partial charge in [-0.3, -0.25) is 4.79 Å². The smallest absolute Gasteiger partial charge is 0.163 e. The van der Waals surface area contributed by atoms with Gasteiger partial charge in [-0.1, -0.05) is 44.2 Å². The van der Waals surface area contributed by atoms with Gasteiger partial charge in [0.15, 0.2) is 5.78 Å². The molecule has 0 unspecified atom stereocenters. The van der Waals surface area contributed by atoms with Gasteiger partial charge < -0.3 is 4.90 Å². The van der Waals surface area contributed by atoms with Crippen LogP contribution in [0.25, 0.3) is 10.8 Å². The molecule has 122 valence electrons. The zero-order valence-electron chi connectivity index (χ0n) is 14.4. The summed E-state index contributed by atoms with van der Waals surface area (Å²) >= 11 is 0. The first kappa shape index (κ1) is 16.2. The van der Waals surface area contributed by atoms with E-state index in [1.54, 1.807) is 0 Å². The number of carbonyl (C=O) groups is 1. The molecule has 0 aromatic heterocycles. The summed E-state index contributed by atoms with van der Waals surface area (Å²) in [6.07, 6.45) is 4.90. The van der Waals surface area contributed by atoms with Crippen LogP contribution in [-0.4, -0.2) is 30.3 Å². The third-order valence-electron chi connectivity index (χ3n) is 5.21. The van der Waals surface area contributed by atoms with Gasteiger partial charge in [-0.2, -0.15) is 0 Å². The van der Waals surface area contributed by atoms with Gasteiger partial charge in [-0.25, -0.2) is 0 Å². The molecule has 2 heteroatoms. The first-order chi connectivity index (χ1) is 11.2. The maximum absolute atomic E-state index is 12.7. The predicted octanol–water partition coefficient (Wildman–Crippen LogP) is 4.63. The van der Waals surface area contributed by atoms with Gasteiger partial charge in [0.05, 0.1) is 0 Å². The largest absolute Gasteiger partial charge is 0.304 e. The summed E-state index contributed by atoms with van der Waals surface area (Å²) in [5, 5.41) is 2.63. The average Bonchev–Trinajstić information content (AvgIpc) is 3.01. The number of hydrogen-bond acceptors (Lipinski definition) is 2. The molecule has 1 aliphatic rings. The van der Waals surface area contributed by atoms with E-state index in [2.05, 4.69) is 49.1 Å². The van der Waals surface area contributed by atoms with Crippen molar-refractivity contribution in [1.29, 1.82) is 0 Å². The number of rotatable bonds is 8. The highest BCUT2D eigenvalue weighted by atomic mass is 16.1. The van der Waals surface area contributed by atoms with Crippen LogP contribution in [0.15, 0.2) is 30.3 Å². The maximum Gasteiger partial charge on any atom is 0.163 e. The van der Waals surface area contributed by atoms with Gasteiger partial charge in [0.2, 0.25) is 0 Å². The van der Waals surface area contributed by atoms with E-state index in [0.717, 1.165) is 50.9 Å². The molecule has 0 aliphatic heterocycles. The number of nitrogens with zero attached hydrogens (tertiary/aromatic N) is 1. The molecule has 3 rings (SSSR count). The van der Waals surface area contributed by atoms with Crippen molar-refractivity contribution >= 4 is 16.6 Å². The van der Waals surface area contributed by atoms with Gasteiger partial charge >= 0.3 is 0 Å². The van der Waals surface area contributed by atoms with Crippen molar-refractivity contribution in [3.63, 3.8) is 0 Å². The number of carbonyl (C=O) groups excluding carboxylic acids is 1. The van der Waals surface area contributed by atoms with Gasteiger partial charge in [-0.15, -0.1) is 0 Å². The number of unbranched alkanes of at least 4 members (excludes halogenated alkanes) is 1. The zero-order chi connectivity index (χ0) is 16.2. The molecule has 2 nitrogen and oxygen atoms in total. The van der Waals surface area contributed by atoms with E-state index < -0.39 is 0 Å². The minimum atomic E-state index is 0.332. The molecule has 2 aromatic carbocycles. The van der Waals surface area contributed by atoms with E-state index >= 15 is 0 Å². The molecule has 0 atom stereocenters. The van der Waals surface area contributed by atoms with Gasteiger partial charge in [0.25, 0.3) is 0 Å². The second-order valence-corrected chi connectivity index (χ2v) is 6.51. The van der Waals surface area contributed by atoms with Crippen molar-refractivity contribution in [2.75, 3.05) is 19.6 Å². The lowest BCUT2D eigenvalue weighted by Gasteiger charge is -2.17. The van der Waals surface area contributed by atoms with E-state index in [0.29, 0.717) is 12.2 Å². The summed E-state index contributed by atoms with van der Waals surface area (Å²) in [4.78, 5) is 15.1. The Morgan fingerprint density at radius 3 is 2.65 bits per heavy atom. The summed E-state index contributed by atoms with van der Waals surface area (Å²) in [5.74, 6) is 0.332. The summed E-state index contributed by atoms with van der Waals surface area (Å²) in [5.41, 5.74) is 3.69. The molecule has 0 fully saturated rings. The van der Waals surface area contributed by atoms with Crippen LogP contribution in [0.4, 0.5) is 0 Å². The van der Waals surface area contributed by atoms with Gasteiger partial charge in [0, 0.05) is 12.0 Å². The fraction of sp³-hybridized carbons (Fsp3) is 0.476. The van der Waals surface area contributed by atoms with Crippen LogP contribution in [0.2, 0.25) is 0 Å². The summed E-state index contributed by atoms with van der Waals surface area (Å²) in [6, 6.07) is 10.7. The van der Waals surface area contributed by atoms with Crippen molar-refractivity contribution in [3.05, 3.63) is 47.0 Å². The molecule has 0 bridgehead atoms. The van der Waals surface area contributed by atoms with E-state index in [9.17, 15) is 4.79 Å².